The van der Waals surface area contributed by atoms with Crippen molar-refractivity contribution in [2.75, 3.05) is 13.1 Å². The fraction of sp³-hybridized carbons (Fsp3) is 0.583. The van der Waals surface area contributed by atoms with Crippen molar-refractivity contribution in [1.29, 1.82) is 0 Å². The molecule has 88 valence electrons. The molecule has 1 aromatic heterocycles. The first-order chi connectivity index (χ1) is 7.58. The molecule has 1 N–H and O–H groups in total. The maximum Gasteiger partial charge on any atom is 0.257 e. The van der Waals surface area contributed by atoms with E-state index in [4.69, 9.17) is 4.42 Å². The molecule has 2 heterocycles. The molecule has 1 saturated heterocycles. The van der Waals surface area contributed by atoms with Gasteiger partial charge in [-0.25, -0.2) is 0 Å². The number of hydrogen-bond acceptors (Lipinski definition) is 3. The Kier molecular flexibility index (Phi) is 3.01. The maximum atomic E-state index is 12.1. The smallest absolute Gasteiger partial charge is 0.257 e. The lowest BCUT2D eigenvalue weighted by Crippen LogP contribution is -2.40. The van der Waals surface area contributed by atoms with Crippen molar-refractivity contribution >= 4 is 5.91 Å². The molecule has 1 aliphatic heterocycles. The molecular formula is C12H17NO3. The summed E-state index contributed by atoms with van der Waals surface area (Å²) >= 11 is 0. The first-order valence-electron chi connectivity index (χ1n) is 5.62. The number of hydrogen-bond donors (Lipinski definition) is 1. The van der Waals surface area contributed by atoms with E-state index in [1.165, 1.54) is 0 Å². The van der Waals surface area contributed by atoms with Gasteiger partial charge in [0.2, 0.25) is 0 Å². The number of rotatable bonds is 1. The van der Waals surface area contributed by atoms with Crippen molar-refractivity contribution in [2.45, 2.75) is 32.8 Å². The number of piperidine rings is 1. The minimum absolute atomic E-state index is 0.0150. The summed E-state index contributed by atoms with van der Waals surface area (Å²) in [6, 6.07) is 1.78. The highest BCUT2D eigenvalue weighted by atomic mass is 16.3. The largest absolute Gasteiger partial charge is 0.466 e. The van der Waals surface area contributed by atoms with Crippen molar-refractivity contribution in [3.63, 3.8) is 0 Å². The molecular weight excluding hydrogens is 206 g/mol. The van der Waals surface area contributed by atoms with Crippen LogP contribution in [0.2, 0.25) is 0 Å². The lowest BCUT2D eigenvalue weighted by Gasteiger charge is -2.29. The predicted molar refractivity (Wildman–Crippen MR) is 59.3 cm³/mol. The predicted octanol–water partition coefficient (Wildman–Crippen LogP) is 1.49. The number of likely N-dealkylation sites (tertiary alicyclic amines) is 1. The van der Waals surface area contributed by atoms with Crippen LogP contribution < -0.4 is 0 Å². The fourth-order valence-electron chi connectivity index (χ4n) is 2.08. The zero-order valence-electron chi connectivity index (χ0n) is 9.69. The molecule has 0 saturated carbocycles. The van der Waals surface area contributed by atoms with Gasteiger partial charge in [-0.15, -0.1) is 0 Å². The van der Waals surface area contributed by atoms with Crippen LogP contribution in [-0.2, 0) is 0 Å². The van der Waals surface area contributed by atoms with E-state index in [9.17, 15) is 9.90 Å². The minimum atomic E-state index is -0.253. The van der Waals surface area contributed by atoms with E-state index in [1.54, 1.807) is 17.9 Å². The number of furan rings is 1. The standard InChI is InChI=1S/C12H17NO3/c1-8-7-11(9(2)16-8)12(15)13-5-3-10(14)4-6-13/h7,10,14H,3-6H2,1-2H3. The summed E-state index contributed by atoms with van der Waals surface area (Å²) in [7, 11) is 0. The lowest BCUT2D eigenvalue weighted by atomic mass is 10.1. The summed E-state index contributed by atoms with van der Waals surface area (Å²) in [4.78, 5) is 13.9. The summed E-state index contributed by atoms with van der Waals surface area (Å²) in [5.41, 5.74) is 0.647. The molecule has 4 nitrogen and oxygen atoms in total. The highest BCUT2D eigenvalue weighted by Crippen LogP contribution is 2.18. The van der Waals surface area contributed by atoms with Gasteiger partial charge in [-0.2, -0.15) is 0 Å². The van der Waals surface area contributed by atoms with E-state index in [2.05, 4.69) is 0 Å². The molecule has 2 rings (SSSR count). The number of aliphatic hydroxyl groups is 1. The van der Waals surface area contributed by atoms with Crippen molar-refractivity contribution < 1.29 is 14.3 Å². The van der Waals surface area contributed by atoms with Gasteiger partial charge in [-0.3, -0.25) is 4.79 Å². The van der Waals surface area contributed by atoms with Crippen LogP contribution in [0.5, 0.6) is 0 Å². The number of carbonyl (C=O) groups excluding carboxylic acids is 1. The van der Waals surface area contributed by atoms with Gasteiger partial charge in [0.25, 0.3) is 5.91 Å². The Balaban J connectivity index is 2.10. The second-order valence-corrected chi connectivity index (χ2v) is 4.35. The highest BCUT2D eigenvalue weighted by Gasteiger charge is 2.24. The third kappa shape index (κ3) is 2.11. The molecule has 0 spiro atoms. The summed E-state index contributed by atoms with van der Waals surface area (Å²) < 4.78 is 5.35. The second-order valence-electron chi connectivity index (χ2n) is 4.35. The number of carbonyl (C=O) groups is 1. The molecule has 4 heteroatoms. The molecule has 0 unspecified atom stereocenters. The van der Waals surface area contributed by atoms with Gasteiger partial charge in [0.1, 0.15) is 11.5 Å². The molecule has 0 bridgehead atoms. The van der Waals surface area contributed by atoms with E-state index >= 15 is 0 Å². The number of nitrogens with zero attached hydrogens (tertiary/aromatic N) is 1. The van der Waals surface area contributed by atoms with E-state index in [0.717, 1.165) is 5.76 Å². The summed E-state index contributed by atoms with van der Waals surface area (Å²) in [6.07, 6.45) is 1.08. The normalized spacial score (nSPS) is 17.8. The molecule has 1 amide bonds. The van der Waals surface area contributed by atoms with Crippen molar-refractivity contribution in [1.82, 2.24) is 4.90 Å². The Labute approximate surface area is 94.9 Å². The second kappa shape index (κ2) is 4.29. The number of amides is 1. The Morgan fingerprint density at radius 1 is 1.44 bits per heavy atom. The van der Waals surface area contributed by atoms with Gasteiger partial charge < -0.3 is 14.4 Å². The Hall–Kier alpha value is -1.29. The zero-order chi connectivity index (χ0) is 11.7. The third-order valence-electron chi connectivity index (χ3n) is 3.02. The van der Waals surface area contributed by atoms with Crippen LogP contribution in [-0.4, -0.2) is 35.1 Å². The van der Waals surface area contributed by atoms with Crippen LogP contribution >= 0.6 is 0 Å². The highest BCUT2D eigenvalue weighted by molar-refractivity contribution is 5.95. The van der Waals surface area contributed by atoms with Gasteiger partial charge >= 0.3 is 0 Å². The van der Waals surface area contributed by atoms with Crippen molar-refractivity contribution in [2.24, 2.45) is 0 Å². The van der Waals surface area contributed by atoms with Gasteiger partial charge in [0.15, 0.2) is 0 Å². The monoisotopic (exact) mass is 223 g/mol. The summed E-state index contributed by atoms with van der Waals surface area (Å²) in [5, 5.41) is 9.38. The van der Waals surface area contributed by atoms with Crippen molar-refractivity contribution in [3.05, 3.63) is 23.2 Å². The maximum absolute atomic E-state index is 12.1. The molecule has 16 heavy (non-hydrogen) atoms. The van der Waals surface area contributed by atoms with Gasteiger partial charge in [-0.05, 0) is 32.8 Å². The zero-order valence-corrected chi connectivity index (χ0v) is 9.69. The Morgan fingerprint density at radius 3 is 2.56 bits per heavy atom. The topological polar surface area (TPSA) is 53.7 Å². The van der Waals surface area contributed by atoms with Gasteiger partial charge in [0.05, 0.1) is 11.7 Å². The summed E-state index contributed by atoms with van der Waals surface area (Å²) in [6.45, 7) is 4.90. The molecule has 0 atom stereocenters. The fourth-order valence-corrected chi connectivity index (χ4v) is 2.08. The Morgan fingerprint density at radius 2 is 2.06 bits per heavy atom. The average Bonchev–Trinajstić information content (AvgIpc) is 2.58. The SMILES string of the molecule is Cc1cc(C(=O)N2CCC(O)CC2)c(C)o1. The molecule has 0 radical (unpaired) electrons. The van der Waals surface area contributed by atoms with E-state index in [1.807, 2.05) is 6.92 Å². The van der Waals surface area contributed by atoms with Crippen molar-refractivity contribution in [3.8, 4) is 0 Å². The quantitative estimate of drug-likeness (QED) is 0.784. The van der Waals surface area contributed by atoms with E-state index in [0.29, 0.717) is 37.3 Å². The number of aryl methyl sites for hydroxylation is 2. The molecule has 1 fully saturated rings. The lowest BCUT2D eigenvalue weighted by molar-refractivity contribution is 0.0545. The van der Waals surface area contributed by atoms with Crippen LogP contribution in [0.25, 0.3) is 0 Å². The van der Waals surface area contributed by atoms with Crippen LogP contribution in [0.15, 0.2) is 10.5 Å². The third-order valence-corrected chi connectivity index (χ3v) is 3.02. The molecule has 1 aromatic rings. The van der Waals surface area contributed by atoms with Crippen LogP contribution in [0, 0.1) is 13.8 Å². The summed E-state index contributed by atoms with van der Waals surface area (Å²) in [5.74, 6) is 1.45. The van der Waals surface area contributed by atoms with E-state index in [-0.39, 0.29) is 12.0 Å². The van der Waals surface area contributed by atoms with Crippen LogP contribution in [0.4, 0.5) is 0 Å². The molecule has 0 aromatic carbocycles. The molecule has 0 aliphatic carbocycles. The van der Waals surface area contributed by atoms with Gasteiger partial charge in [0, 0.05) is 13.1 Å². The Bertz CT molecular complexity index is 389. The molecule has 1 aliphatic rings. The van der Waals surface area contributed by atoms with E-state index < -0.39 is 0 Å². The minimum Gasteiger partial charge on any atom is -0.466 e. The van der Waals surface area contributed by atoms with Crippen LogP contribution in [0.1, 0.15) is 34.7 Å². The average molecular weight is 223 g/mol. The first-order valence-corrected chi connectivity index (χ1v) is 5.62. The first kappa shape index (κ1) is 11.2. The number of aliphatic hydroxyl groups excluding tert-OH is 1. The van der Waals surface area contributed by atoms with Crippen LogP contribution in [0.3, 0.4) is 0 Å². The van der Waals surface area contributed by atoms with Gasteiger partial charge in [-0.1, -0.05) is 0 Å².